The van der Waals surface area contributed by atoms with Crippen LogP contribution in [0.25, 0.3) is 10.8 Å². The standard InChI is InChI=1S/C28H34N2O3/c1-20(2)18-29-28(32)21(3)30(19-22-9-7-13-25(17-22)33-4)27(31)16-15-24-12-8-11-23-10-5-6-14-26(23)24/h5-14,17,20-21H,15-16,18-19H2,1-4H3,(H,29,32)/t21-/m0/s1. The number of fused-ring (bicyclic) bond motifs is 1. The van der Waals surface area contributed by atoms with E-state index in [-0.39, 0.29) is 11.8 Å². The van der Waals surface area contributed by atoms with Crippen molar-refractivity contribution in [3.63, 3.8) is 0 Å². The summed E-state index contributed by atoms with van der Waals surface area (Å²) in [5.41, 5.74) is 2.07. The van der Waals surface area contributed by atoms with Crippen LogP contribution < -0.4 is 10.1 Å². The van der Waals surface area contributed by atoms with Crippen molar-refractivity contribution < 1.29 is 14.3 Å². The van der Waals surface area contributed by atoms with E-state index < -0.39 is 6.04 Å². The van der Waals surface area contributed by atoms with E-state index in [1.165, 1.54) is 0 Å². The Morgan fingerprint density at radius 1 is 0.970 bits per heavy atom. The number of nitrogens with zero attached hydrogens (tertiary/aromatic N) is 1. The van der Waals surface area contributed by atoms with E-state index in [0.717, 1.165) is 27.6 Å². The topological polar surface area (TPSA) is 58.6 Å². The van der Waals surface area contributed by atoms with Crippen molar-refractivity contribution in [2.24, 2.45) is 5.92 Å². The highest BCUT2D eigenvalue weighted by Gasteiger charge is 2.26. The molecule has 33 heavy (non-hydrogen) atoms. The summed E-state index contributed by atoms with van der Waals surface area (Å²) in [6, 6.07) is 21.4. The fraction of sp³-hybridized carbons (Fsp3) is 0.357. The van der Waals surface area contributed by atoms with Crippen LogP contribution in [0.3, 0.4) is 0 Å². The molecule has 3 aromatic carbocycles. The smallest absolute Gasteiger partial charge is 0.242 e. The summed E-state index contributed by atoms with van der Waals surface area (Å²) in [6.07, 6.45) is 0.953. The van der Waals surface area contributed by atoms with Gasteiger partial charge in [0.15, 0.2) is 0 Å². The number of nitrogens with one attached hydrogen (secondary N) is 1. The first-order chi connectivity index (χ1) is 15.9. The van der Waals surface area contributed by atoms with Crippen LogP contribution in [0, 0.1) is 5.92 Å². The molecule has 0 bridgehead atoms. The van der Waals surface area contributed by atoms with Gasteiger partial charge in [0.05, 0.1) is 7.11 Å². The predicted octanol–water partition coefficient (Wildman–Crippen LogP) is 4.97. The van der Waals surface area contributed by atoms with Gasteiger partial charge in [-0.05, 0) is 53.3 Å². The van der Waals surface area contributed by atoms with Crippen LogP contribution in [-0.2, 0) is 22.6 Å². The highest BCUT2D eigenvalue weighted by molar-refractivity contribution is 5.88. The zero-order valence-corrected chi connectivity index (χ0v) is 20.0. The molecule has 5 nitrogen and oxygen atoms in total. The molecule has 0 fully saturated rings. The molecule has 0 saturated carbocycles. The first-order valence-electron chi connectivity index (χ1n) is 11.6. The summed E-state index contributed by atoms with van der Waals surface area (Å²) >= 11 is 0. The van der Waals surface area contributed by atoms with E-state index in [9.17, 15) is 9.59 Å². The molecule has 0 unspecified atom stereocenters. The summed E-state index contributed by atoms with van der Waals surface area (Å²) in [6.45, 7) is 6.83. The second kappa shape index (κ2) is 11.5. The molecule has 0 saturated heterocycles. The SMILES string of the molecule is COc1cccc(CN(C(=O)CCc2cccc3ccccc23)[C@@H](C)C(=O)NCC(C)C)c1. The first kappa shape index (κ1) is 24.3. The Hall–Kier alpha value is -3.34. The summed E-state index contributed by atoms with van der Waals surface area (Å²) < 4.78 is 5.33. The van der Waals surface area contributed by atoms with Crippen LogP contribution in [0.5, 0.6) is 5.75 Å². The van der Waals surface area contributed by atoms with E-state index in [4.69, 9.17) is 4.74 Å². The lowest BCUT2D eigenvalue weighted by Gasteiger charge is -2.29. The third-order valence-electron chi connectivity index (χ3n) is 5.83. The largest absolute Gasteiger partial charge is 0.497 e. The van der Waals surface area contributed by atoms with Gasteiger partial charge in [-0.15, -0.1) is 0 Å². The van der Waals surface area contributed by atoms with Crippen molar-refractivity contribution in [2.45, 2.75) is 46.2 Å². The molecule has 0 aliphatic rings. The summed E-state index contributed by atoms with van der Waals surface area (Å²) in [4.78, 5) is 27.9. The fourth-order valence-electron chi connectivity index (χ4n) is 3.90. The number of hydrogen-bond donors (Lipinski definition) is 1. The van der Waals surface area contributed by atoms with Crippen molar-refractivity contribution in [1.29, 1.82) is 0 Å². The zero-order valence-electron chi connectivity index (χ0n) is 20.0. The Morgan fingerprint density at radius 3 is 2.45 bits per heavy atom. The molecule has 1 atom stereocenters. The number of aryl methyl sites for hydroxylation is 1. The van der Waals surface area contributed by atoms with Gasteiger partial charge in [0.25, 0.3) is 0 Å². The van der Waals surface area contributed by atoms with Crippen molar-refractivity contribution in [2.75, 3.05) is 13.7 Å². The molecule has 0 aliphatic carbocycles. The van der Waals surface area contributed by atoms with Gasteiger partial charge < -0.3 is 15.0 Å². The van der Waals surface area contributed by atoms with Gasteiger partial charge in [-0.2, -0.15) is 0 Å². The normalized spacial score (nSPS) is 11.9. The molecule has 3 aromatic rings. The summed E-state index contributed by atoms with van der Waals surface area (Å²) in [5, 5.41) is 5.29. The number of hydrogen-bond acceptors (Lipinski definition) is 3. The fourth-order valence-corrected chi connectivity index (χ4v) is 3.90. The Kier molecular flexibility index (Phi) is 8.47. The van der Waals surface area contributed by atoms with Gasteiger partial charge in [0, 0.05) is 19.5 Å². The van der Waals surface area contributed by atoms with Gasteiger partial charge in [-0.1, -0.05) is 68.4 Å². The zero-order chi connectivity index (χ0) is 23.8. The van der Waals surface area contributed by atoms with Crippen LogP contribution in [0.15, 0.2) is 66.7 Å². The number of benzene rings is 3. The van der Waals surface area contributed by atoms with Crippen LogP contribution in [-0.4, -0.2) is 36.4 Å². The Morgan fingerprint density at radius 2 is 1.70 bits per heavy atom. The first-order valence-corrected chi connectivity index (χ1v) is 11.6. The molecule has 3 rings (SSSR count). The molecule has 0 aliphatic heterocycles. The number of rotatable bonds is 10. The van der Waals surface area contributed by atoms with E-state index >= 15 is 0 Å². The number of carbonyl (C=O) groups excluding carboxylic acids is 2. The van der Waals surface area contributed by atoms with E-state index in [2.05, 4.69) is 29.6 Å². The average Bonchev–Trinajstić information content (AvgIpc) is 2.83. The minimum Gasteiger partial charge on any atom is -0.497 e. The molecule has 0 spiro atoms. The van der Waals surface area contributed by atoms with Crippen molar-refractivity contribution in [3.05, 3.63) is 77.9 Å². The maximum absolute atomic E-state index is 13.4. The molecule has 174 valence electrons. The van der Waals surface area contributed by atoms with Gasteiger partial charge in [-0.25, -0.2) is 0 Å². The third kappa shape index (κ3) is 6.58. The molecular formula is C28H34N2O3. The summed E-state index contributed by atoms with van der Waals surface area (Å²) in [7, 11) is 1.62. The summed E-state index contributed by atoms with van der Waals surface area (Å²) in [5.74, 6) is 0.894. The average molecular weight is 447 g/mol. The lowest BCUT2D eigenvalue weighted by molar-refractivity contribution is -0.140. The molecular weight excluding hydrogens is 412 g/mol. The Bertz CT molecular complexity index is 1090. The van der Waals surface area contributed by atoms with Crippen molar-refractivity contribution in [3.8, 4) is 5.75 Å². The van der Waals surface area contributed by atoms with E-state index in [1.54, 1.807) is 18.9 Å². The highest BCUT2D eigenvalue weighted by Crippen LogP contribution is 2.21. The highest BCUT2D eigenvalue weighted by atomic mass is 16.5. The molecule has 0 heterocycles. The Balaban J connectivity index is 1.79. The second-order valence-electron chi connectivity index (χ2n) is 8.83. The van der Waals surface area contributed by atoms with Crippen molar-refractivity contribution in [1.82, 2.24) is 10.2 Å². The van der Waals surface area contributed by atoms with Crippen LogP contribution in [0.2, 0.25) is 0 Å². The third-order valence-corrected chi connectivity index (χ3v) is 5.83. The van der Waals surface area contributed by atoms with Crippen molar-refractivity contribution >= 4 is 22.6 Å². The number of amides is 2. The molecule has 0 aromatic heterocycles. The lowest BCUT2D eigenvalue weighted by atomic mass is 10.0. The van der Waals surface area contributed by atoms with Gasteiger partial charge in [0.2, 0.25) is 11.8 Å². The maximum atomic E-state index is 13.4. The monoisotopic (exact) mass is 446 g/mol. The van der Waals surface area contributed by atoms with Crippen LogP contribution >= 0.6 is 0 Å². The van der Waals surface area contributed by atoms with Gasteiger partial charge >= 0.3 is 0 Å². The second-order valence-corrected chi connectivity index (χ2v) is 8.83. The number of methoxy groups -OCH3 is 1. The van der Waals surface area contributed by atoms with Crippen LogP contribution in [0.4, 0.5) is 0 Å². The Labute approximate surface area is 196 Å². The molecule has 1 N–H and O–H groups in total. The van der Waals surface area contributed by atoms with Gasteiger partial charge in [0.1, 0.15) is 11.8 Å². The lowest BCUT2D eigenvalue weighted by Crippen LogP contribution is -2.48. The maximum Gasteiger partial charge on any atom is 0.242 e. The quantitative estimate of drug-likeness (QED) is 0.478. The molecule has 0 radical (unpaired) electrons. The van der Waals surface area contributed by atoms with E-state index in [0.29, 0.717) is 31.8 Å². The molecule has 5 heteroatoms. The van der Waals surface area contributed by atoms with Crippen LogP contribution in [0.1, 0.15) is 38.3 Å². The van der Waals surface area contributed by atoms with Gasteiger partial charge in [-0.3, -0.25) is 9.59 Å². The van der Waals surface area contributed by atoms with E-state index in [1.807, 2.05) is 56.3 Å². The minimum absolute atomic E-state index is 0.0436. The molecule has 2 amide bonds. The number of ether oxygens (including phenoxy) is 1. The number of carbonyl (C=O) groups is 2. The predicted molar refractivity (Wildman–Crippen MR) is 133 cm³/mol. The minimum atomic E-state index is -0.574.